The Morgan fingerprint density at radius 2 is 2.00 bits per heavy atom. The van der Waals surface area contributed by atoms with Gasteiger partial charge in [-0.25, -0.2) is 4.99 Å². The Morgan fingerprint density at radius 1 is 1.15 bits per heavy atom. The molecule has 0 amide bonds. The molecule has 0 radical (unpaired) electrons. The molecule has 1 heterocycles. The summed E-state index contributed by atoms with van der Waals surface area (Å²) in [6.45, 7) is 6.64. The van der Waals surface area contributed by atoms with Crippen LogP contribution >= 0.6 is 0 Å². The smallest absolute Gasteiger partial charge is 0.196 e. The van der Waals surface area contributed by atoms with Gasteiger partial charge in [-0.3, -0.25) is 4.98 Å². The number of nitrogens with zero attached hydrogens (tertiary/aromatic N) is 2. The van der Waals surface area contributed by atoms with E-state index in [-0.39, 0.29) is 0 Å². The second kappa shape index (κ2) is 11.1. The van der Waals surface area contributed by atoms with E-state index in [1.54, 1.807) is 7.11 Å². The largest absolute Gasteiger partial charge is 0.493 e. The van der Waals surface area contributed by atoms with Crippen LogP contribution in [0.5, 0.6) is 5.75 Å². The lowest BCUT2D eigenvalue weighted by Gasteiger charge is -2.13. The van der Waals surface area contributed by atoms with Gasteiger partial charge in [0, 0.05) is 44.1 Å². The lowest BCUT2D eigenvalue weighted by molar-refractivity contribution is 0.172. The van der Waals surface area contributed by atoms with Gasteiger partial charge in [0.05, 0.1) is 18.8 Å². The zero-order valence-electron chi connectivity index (χ0n) is 15.8. The Morgan fingerprint density at radius 3 is 2.77 bits per heavy atom. The number of benzene rings is 1. The summed E-state index contributed by atoms with van der Waals surface area (Å²) in [7, 11) is 1.69. The molecule has 0 unspecified atom stereocenters. The van der Waals surface area contributed by atoms with Gasteiger partial charge < -0.3 is 20.1 Å². The standard InChI is InChI=1S/C20H28N4O2/c1-4-21-20(22-15-18-10-5-8-16(2)23-18)24-17-9-6-11-19(14-17)26-13-7-12-25-3/h5-6,8-11,14H,4,7,12-13,15H2,1-3H3,(H2,21,22,24). The van der Waals surface area contributed by atoms with Crippen LogP contribution in [0.3, 0.4) is 0 Å². The Kier molecular flexibility index (Phi) is 8.42. The maximum atomic E-state index is 5.74. The maximum absolute atomic E-state index is 5.74. The molecule has 0 saturated heterocycles. The number of aliphatic imine (C=N–C) groups is 1. The van der Waals surface area contributed by atoms with Gasteiger partial charge >= 0.3 is 0 Å². The van der Waals surface area contributed by atoms with E-state index in [0.29, 0.717) is 25.7 Å². The minimum absolute atomic E-state index is 0.518. The summed E-state index contributed by atoms with van der Waals surface area (Å²) in [4.78, 5) is 9.09. The maximum Gasteiger partial charge on any atom is 0.196 e. The van der Waals surface area contributed by atoms with E-state index in [0.717, 1.165) is 35.8 Å². The molecular weight excluding hydrogens is 328 g/mol. The van der Waals surface area contributed by atoms with Crippen LogP contribution in [0.25, 0.3) is 0 Å². The predicted molar refractivity (Wildman–Crippen MR) is 106 cm³/mol. The Labute approximate surface area is 155 Å². The highest BCUT2D eigenvalue weighted by Gasteiger charge is 2.02. The summed E-state index contributed by atoms with van der Waals surface area (Å²) >= 11 is 0. The molecule has 0 aliphatic rings. The van der Waals surface area contributed by atoms with Crippen molar-refractivity contribution in [2.45, 2.75) is 26.8 Å². The summed E-state index contributed by atoms with van der Waals surface area (Å²) in [5.41, 5.74) is 2.86. The topological polar surface area (TPSA) is 67.8 Å². The second-order valence-electron chi connectivity index (χ2n) is 5.81. The van der Waals surface area contributed by atoms with Crippen LogP contribution in [0, 0.1) is 6.92 Å². The first-order valence-electron chi connectivity index (χ1n) is 8.91. The number of ether oxygens (including phenoxy) is 2. The molecule has 6 heteroatoms. The van der Waals surface area contributed by atoms with Gasteiger partial charge in [0.1, 0.15) is 5.75 Å². The number of aryl methyl sites for hydroxylation is 1. The minimum atomic E-state index is 0.518. The Balaban J connectivity index is 1.98. The van der Waals surface area contributed by atoms with Gasteiger partial charge in [-0.15, -0.1) is 0 Å². The molecule has 1 aromatic carbocycles. The van der Waals surface area contributed by atoms with Crippen molar-refractivity contribution in [3.63, 3.8) is 0 Å². The van der Waals surface area contributed by atoms with Gasteiger partial charge in [0.2, 0.25) is 0 Å². The van der Waals surface area contributed by atoms with E-state index >= 15 is 0 Å². The summed E-state index contributed by atoms with van der Waals surface area (Å²) in [5.74, 6) is 1.54. The number of aromatic nitrogens is 1. The fourth-order valence-corrected chi connectivity index (χ4v) is 2.35. The highest BCUT2D eigenvalue weighted by atomic mass is 16.5. The number of anilines is 1. The van der Waals surface area contributed by atoms with Gasteiger partial charge in [0.15, 0.2) is 5.96 Å². The normalized spacial score (nSPS) is 11.3. The van der Waals surface area contributed by atoms with Crippen molar-refractivity contribution >= 4 is 11.6 Å². The summed E-state index contributed by atoms with van der Waals surface area (Å²) < 4.78 is 10.8. The van der Waals surface area contributed by atoms with Crippen molar-refractivity contribution in [1.82, 2.24) is 10.3 Å². The first-order chi connectivity index (χ1) is 12.7. The predicted octanol–water partition coefficient (Wildman–Crippen LogP) is 3.38. The lowest BCUT2D eigenvalue weighted by Crippen LogP contribution is -2.30. The number of methoxy groups -OCH3 is 1. The van der Waals surface area contributed by atoms with Crippen LogP contribution < -0.4 is 15.4 Å². The van der Waals surface area contributed by atoms with Crippen LogP contribution in [0.2, 0.25) is 0 Å². The molecule has 0 atom stereocenters. The first-order valence-corrected chi connectivity index (χ1v) is 8.91. The summed E-state index contributed by atoms with van der Waals surface area (Å²) in [6.07, 6.45) is 0.863. The van der Waals surface area contributed by atoms with E-state index in [1.165, 1.54) is 0 Å². The Bertz CT molecular complexity index is 704. The van der Waals surface area contributed by atoms with E-state index in [1.807, 2.05) is 56.3 Å². The number of nitrogens with one attached hydrogen (secondary N) is 2. The number of hydrogen-bond donors (Lipinski definition) is 2. The average molecular weight is 356 g/mol. The molecule has 6 nitrogen and oxygen atoms in total. The number of guanidine groups is 1. The zero-order valence-corrected chi connectivity index (χ0v) is 15.8. The van der Waals surface area contributed by atoms with Gasteiger partial charge in [-0.2, -0.15) is 0 Å². The van der Waals surface area contributed by atoms with Crippen LogP contribution in [-0.2, 0) is 11.3 Å². The van der Waals surface area contributed by atoms with Crippen molar-refractivity contribution in [3.05, 3.63) is 53.9 Å². The van der Waals surface area contributed by atoms with E-state index in [4.69, 9.17) is 9.47 Å². The minimum Gasteiger partial charge on any atom is -0.493 e. The quantitative estimate of drug-likeness (QED) is 0.410. The van der Waals surface area contributed by atoms with Gasteiger partial charge in [-0.05, 0) is 38.1 Å². The number of hydrogen-bond acceptors (Lipinski definition) is 4. The fourth-order valence-electron chi connectivity index (χ4n) is 2.35. The van der Waals surface area contributed by atoms with Crippen molar-refractivity contribution in [2.24, 2.45) is 4.99 Å². The van der Waals surface area contributed by atoms with Crippen molar-refractivity contribution in [3.8, 4) is 5.75 Å². The molecule has 2 N–H and O–H groups in total. The molecule has 0 saturated carbocycles. The zero-order chi connectivity index (χ0) is 18.6. The lowest BCUT2D eigenvalue weighted by atomic mass is 10.3. The Hall–Kier alpha value is -2.60. The van der Waals surface area contributed by atoms with Crippen LogP contribution in [0.4, 0.5) is 5.69 Å². The third-order valence-corrected chi connectivity index (χ3v) is 3.55. The fraction of sp³-hybridized carbons (Fsp3) is 0.400. The van der Waals surface area contributed by atoms with Gasteiger partial charge in [0.25, 0.3) is 0 Å². The van der Waals surface area contributed by atoms with Crippen molar-refractivity contribution in [1.29, 1.82) is 0 Å². The molecule has 26 heavy (non-hydrogen) atoms. The molecule has 2 aromatic rings. The van der Waals surface area contributed by atoms with E-state index in [2.05, 4.69) is 20.6 Å². The van der Waals surface area contributed by atoms with Crippen molar-refractivity contribution in [2.75, 3.05) is 32.2 Å². The van der Waals surface area contributed by atoms with E-state index < -0.39 is 0 Å². The van der Waals surface area contributed by atoms with Crippen LogP contribution in [0.1, 0.15) is 24.7 Å². The van der Waals surface area contributed by atoms with Crippen LogP contribution in [0.15, 0.2) is 47.5 Å². The molecule has 0 aliphatic heterocycles. The van der Waals surface area contributed by atoms with Crippen molar-refractivity contribution < 1.29 is 9.47 Å². The molecule has 2 rings (SSSR count). The van der Waals surface area contributed by atoms with E-state index in [9.17, 15) is 0 Å². The molecule has 0 bridgehead atoms. The number of pyridine rings is 1. The highest BCUT2D eigenvalue weighted by Crippen LogP contribution is 2.17. The third kappa shape index (κ3) is 7.11. The monoisotopic (exact) mass is 356 g/mol. The molecule has 140 valence electrons. The summed E-state index contributed by atoms with van der Waals surface area (Å²) in [6, 6.07) is 13.8. The van der Waals surface area contributed by atoms with Crippen LogP contribution in [-0.4, -0.2) is 37.8 Å². The molecule has 0 fully saturated rings. The SMILES string of the molecule is CCNC(=NCc1cccc(C)n1)Nc1cccc(OCCCOC)c1. The number of rotatable bonds is 9. The molecule has 0 spiro atoms. The molecule has 0 aliphatic carbocycles. The molecular formula is C20H28N4O2. The highest BCUT2D eigenvalue weighted by molar-refractivity contribution is 5.93. The summed E-state index contributed by atoms with van der Waals surface area (Å²) in [5, 5.41) is 6.56. The average Bonchev–Trinajstić information content (AvgIpc) is 2.64. The van der Waals surface area contributed by atoms with Gasteiger partial charge in [-0.1, -0.05) is 12.1 Å². The first kappa shape index (κ1) is 19.7. The third-order valence-electron chi connectivity index (χ3n) is 3.55. The second-order valence-corrected chi connectivity index (χ2v) is 5.81. The molecule has 1 aromatic heterocycles.